The van der Waals surface area contributed by atoms with Crippen LogP contribution in [0.25, 0.3) is 11.4 Å². The summed E-state index contributed by atoms with van der Waals surface area (Å²) in [6, 6.07) is 4.51. The van der Waals surface area contributed by atoms with E-state index in [0.29, 0.717) is 30.8 Å². The van der Waals surface area contributed by atoms with Crippen LogP contribution >= 0.6 is 0 Å². The molecule has 1 atom stereocenters. The molecule has 1 aliphatic heterocycles. The second-order valence-electron chi connectivity index (χ2n) is 5.12. The third-order valence-corrected chi connectivity index (χ3v) is 3.64. The molecule has 2 heterocycles. The quantitative estimate of drug-likeness (QED) is 0.926. The molecule has 22 heavy (non-hydrogen) atoms. The smallest absolute Gasteiger partial charge is 0.416 e. The van der Waals surface area contributed by atoms with Gasteiger partial charge in [0.25, 0.3) is 0 Å². The zero-order valence-electron chi connectivity index (χ0n) is 11.3. The maximum atomic E-state index is 12.5. The lowest BCUT2D eigenvalue weighted by Crippen LogP contribution is -2.22. The standard InChI is InChI=1S/C14H12F3N3O2/c15-14(16,17)9-5-3-8(4-6-9)11-18-12-10(13(21)22)2-1-7-20(12)19-11/h3-6,10H,1-2,7H2,(H,21,22). The monoisotopic (exact) mass is 311 g/mol. The van der Waals surface area contributed by atoms with E-state index in [-0.39, 0.29) is 5.82 Å². The number of benzene rings is 1. The number of carbonyl (C=O) groups is 1. The number of aryl methyl sites for hydroxylation is 1. The number of alkyl halides is 3. The van der Waals surface area contributed by atoms with Crippen LogP contribution in [0.15, 0.2) is 24.3 Å². The molecule has 0 spiro atoms. The average Bonchev–Trinajstić information content (AvgIpc) is 2.90. The fourth-order valence-corrected chi connectivity index (χ4v) is 2.52. The van der Waals surface area contributed by atoms with Crippen molar-refractivity contribution in [3.63, 3.8) is 0 Å². The van der Waals surface area contributed by atoms with Gasteiger partial charge in [0.15, 0.2) is 5.82 Å². The Morgan fingerprint density at radius 2 is 1.95 bits per heavy atom. The van der Waals surface area contributed by atoms with Gasteiger partial charge in [-0.1, -0.05) is 12.1 Å². The Morgan fingerprint density at radius 3 is 2.55 bits per heavy atom. The van der Waals surface area contributed by atoms with Gasteiger partial charge >= 0.3 is 12.1 Å². The molecule has 0 bridgehead atoms. The first-order chi connectivity index (χ1) is 10.4. The van der Waals surface area contributed by atoms with Gasteiger partial charge < -0.3 is 5.11 Å². The molecule has 1 aliphatic rings. The molecule has 0 radical (unpaired) electrons. The van der Waals surface area contributed by atoms with Crippen molar-refractivity contribution in [3.05, 3.63) is 35.7 Å². The van der Waals surface area contributed by atoms with Crippen LogP contribution in [0.1, 0.15) is 30.1 Å². The third-order valence-electron chi connectivity index (χ3n) is 3.64. The molecule has 1 N–H and O–H groups in total. The number of halogens is 3. The summed E-state index contributed by atoms with van der Waals surface area (Å²) in [4.78, 5) is 15.4. The minimum absolute atomic E-state index is 0.247. The predicted octanol–water partition coefficient (Wildman–Crippen LogP) is 2.93. The molecule has 0 amide bonds. The molecule has 8 heteroatoms. The summed E-state index contributed by atoms with van der Waals surface area (Å²) in [7, 11) is 0. The summed E-state index contributed by atoms with van der Waals surface area (Å²) in [5.74, 6) is -1.08. The first-order valence-corrected chi connectivity index (χ1v) is 6.71. The van der Waals surface area contributed by atoms with Gasteiger partial charge in [-0.15, -0.1) is 0 Å². The Kier molecular flexibility index (Phi) is 3.38. The first kappa shape index (κ1) is 14.6. The molecule has 1 unspecified atom stereocenters. The number of aliphatic carboxylic acids is 1. The van der Waals surface area contributed by atoms with Gasteiger partial charge in [0.2, 0.25) is 0 Å². The summed E-state index contributed by atoms with van der Waals surface area (Å²) in [5.41, 5.74) is -0.317. The van der Waals surface area contributed by atoms with Crippen LogP contribution in [0, 0.1) is 0 Å². The lowest BCUT2D eigenvalue weighted by molar-refractivity contribution is -0.139. The van der Waals surface area contributed by atoms with Crippen molar-refractivity contribution >= 4 is 5.97 Å². The fraction of sp³-hybridized carbons (Fsp3) is 0.357. The van der Waals surface area contributed by atoms with Gasteiger partial charge in [-0.05, 0) is 25.0 Å². The second kappa shape index (κ2) is 5.11. The van der Waals surface area contributed by atoms with E-state index in [1.165, 1.54) is 16.8 Å². The Hall–Kier alpha value is -2.38. The van der Waals surface area contributed by atoms with Crippen LogP contribution in [0.2, 0.25) is 0 Å². The molecule has 0 saturated carbocycles. The molecular formula is C14H12F3N3O2. The normalized spacial score (nSPS) is 18.0. The van der Waals surface area contributed by atoms with E-state index in [2.05, 4.69) is 10.1 Å². The minimum Gasteiger partial charge on any atom is -0.481 e. The zero-order chi connectivity index (χ0) is 15.9. The third kappa shape index (κ3) is 2.56. The van der Waals surface area contributed by atoms with E-state index in [1.807, 2.05) is 0 Å². The van der Waals surface area contributed by atoms with Crippen LogP contribution in [0.4, 0.5) is 13.2 Å². The molecular weight excluding hydrogens is 299 g/mol. The molecule has 3 rings (SSSR count). The maximum absolute atomic E-state index is 12.5. The minimum atomic E-state index is -4.40. The van der Waals surface area contributed by atoms with Gasteiger partial charge in [0.05, 0.1) is 5.56 Å². The second-order valence-corrected chi connectivity index (χ2v) is 5.12. The molecule has 0 fully saturated rings. The van der Waals surface area contributed by atoms with Crippen LogP contribution in [-0.2, 0) is 17.5 Å². The summed E-state index contributed by atoms with van der Waals surface area (Å²) >= 11 is 0. The van der Waals surface area contributed by atoms with Crippen molar-refractivity contribution in [2.24, 2.45) is 0 Å². The van der Waals surface area contributed by atoms with E-state index < -0.39 is 23.6 Å². The number of fused-ring (bicyclic) bond motifs is 1. The lowest BCUT2D eigenvalue weighted by atomic mass is 10.00. The number of aromatic nitrogens is 3. The van der Waals surface area contributed by atoms with Crippen LogP contribution in [0.5, 0.6) is 0 Å². The SMILES string of the molecule is O=C(O)C1CCCn2nc(-c3ccc(C(F)(F)F)cc3)nc21. The Labute approximate surface area is 123 Å². The predicted molar refractivity (Wildman–Crippen MR) is 70.1 cm³/mol. The van der Waals surface area contributed by atoms with Crippen molar-refractivity contribution in [2.75, 3.05) is 0 Å². The van der Waals surface area contributed by atoms with E-state index in [0.717, 1.165) is 12.1 Å². The molecule has 1 aromatic heterocycles. The summed E-state index contributed by atoms with van der Waals surface area (Å²) in [5, 5.41) is 13.4. The van der Waals surface area contributed by atoms with Gasteiger partial charge in [-0.25, -0.2) is 9.67 Å². The largest absolute Gasteiger partial charge is 0.481 e. The molecule has 0 aliphatic carbocycles. The van der Waals surface area contributed by atoms with E-state index >= 15 is 0 Å². The molecule has 2 aromatic rings. The highest BCUT2D eigenvalue weighted by Crippen LogP contribution is 2.31. The zero-order valence-corrected chi connectivity index (χ0v) is 11.3. The van der Waals surface area contributed by atoms with Crippen LogP contribution in [-0.4, -0.2) is 25.8 Å². The first-order valence-electron chi connectivity index (χ1n) is 6.71. The Morgan fingerprint density at radius 1 is 1.27 bits per heavy atom. The number of hydrogen-bond acceptors (Lipinski definition) is 3. The van der Waals surface area contributed by atoms with E-state index in [1.54, 1.807) is 0 Å². The van der Waals surface area contributed by atoms with Crippen LogP contribution in [0.3, 0.4) is 0 Å². The fourth-order valence-electron chi connectivity index (χ4n) is 2.52. The molecule has 0 saturated heterocycles. The molecule has 5 nitrogen and oxygen atoms in total. The summed E-state index contributed by atoms with van der Waals surface area (Å²) in [6.45, 7) is 0.562. The van der Waals surface area contributed by atoms with Crippen molar-refractivity contribution < 1.29 is 23.1 Å². The highest BCUT2D eigenvalue weighted by Gasteiger charge is 2.31. The number of nitrogens with zero attached hydrogens (tertiary/aromatic N) is 3. The Balaban J connectivity index is 1.95. The molecule has 116 valence electrons. The lowest BCUT2D eigenvalue weighted by Gasteiger charge is -2.17. The van der Waals surface area contributed by atoms with Gasteiger partial charge in [-0.2, -0.15) is 18.3 Å². The summed E-state index contributed by atoms with van der Waals surface area (Å²) in [6.07, 6.45) is -3.23. The van der Waals surface area contributed by atoms with Gasteiger partial charge in [-0.3, -0.25) is 4.79 Å². The van der Waals surface area contributed by atoms with Gasteiger partial charge in [0, 0.05) is 12.1 Å². The average molecular weight is 311 g/mol. The highest BCUT2D eigenvalue weighted by atomic mass is 19.4. The van der Waals surface area contributed by atoms with Crippen molar-refractivity contribution in [1.82, 2.24) is 14.8 Å². The van der Waals surface area contributed by atoms with Crippen molar-refractivity contribution in [3.8, 4) is 11.4 Å². The maximum Gasteiger partial charge on any atom is 0.416 e. The highest BCUT2D eigenvalue weighted by molar-refractivity contribution is 5.75. The van der Waals surface area contributed by atoms with Gasteiger partial charge in [0.1, 0.15) is 11.7 Å². The topological polar surface area (TPSA) is 68.0 Å². The van der Waals surface area contributed by atoms with E-state index in [9.17, 15) is 23.1 Å². The number of carboxylic acids is 1. The van der Waals surface area contributed by atoms with Crippen molar-refractivity contribution in [2.45, 2.75) is 31.5 Å². The summed E-state index contributed by atoms with van der Waals surface area (Å²) < 4.78 is 39.2. The number of rotatable bonds is 2. The number of hydrogen-bond donors (Lipinski definition) is 1. The molecule has 1 aromatic carbocycles. The number of carboxylic acid groups (broad SMARTS) is 1. The van der Waals surface area contributed by atoms with E-state index in [4.69, 9.17) is 0 Å². The Bertz CT molecular complexity index is 707. The van der Waals surface area contributed by atoms with Crippen molar-refractivity contribution in [1.29, 1.82) is 0 Å². The van der Waals surface area contributed by atoms with Crippen LogP contribution < -0.4 is 0 Å².